The zero-order chi connectivity index (χ0) is 21.6. The Kier molecular flexibility index (Phi) is 6.28. The number of morpholine rings is 1. The molecule has 1 fully saturated rings. The molecule has 2 aromatic carbocycles. The number of pyridine rings is 1. The fraction of sp³-hybridized carbons (Fsp3) is 0.174. The van der Waals surface area contributed by atoms with Gasteiger partial charge in [-0.15, -0.1) is 0 Å². The largest absolute Gasteiger partial charge is 0.378 e. The van der Waals surface area contributed by atoms with Crippen molar-refractivity contribution >= 4 is 17.9 Å². The molecular formula is C23H20F2N4O2. The first-order valence-corrected chi connectivity index (χ1v) is 9.78. The van der Waals surface area contributed by atoms with E-state index in [-0.39, 0.29) is 11.5 Å². The average molecular weight is 422 g/mol. The highest BCUT2D eigenvalue weighted by Crippen LogP contribution is 2.22. The van der Waals surface area contributed by atoms with Crippen molar-refractivity contribution in [2.24, 2.45) is 5.10 Å². The molecule has 0 unspecified atom stereocenters. The number of hydrogen-bond acceptors (Lipinski definition) is 5. The molecule has 31 heavy (non-hydrogen) atoms. The number of amides is 1. The summed E-state index contributed by atoms with van der Waals surface area (Å²) < 4.78 is 32.1. The van der Waals surface area contributed by atoms with Gasteiger partial charge in [-0.2, -0.15) is 5.10 Å². The van der Waals surface area contributed by atoms with Crippen LogP contribution in [0.5, 0.6) is 0 Å². The number of nitrogens with one attached hydrogen (secondary N) is 1. The van der Waals surface area contributed by atoms with Gasteiger partial charge in [0, 0.05) is 36.0 Å². The van der Waals surface area contributed by atoms with Crippen molar-refractivity contribution in [1.29, 1.82) is 0 Å². The summed E-state index contributed by atoms with van der Waals surface area (Å²) >= 11 is 0. The van der Waals surface area contributed by atoms with Crippen LogP contribution >= 0.6 is 0 Å². The van der Waals surface area contributed by atoms with Crippen molar-refractivity contribution in [1.82, 2.24) is 9.88 Å². The van der Waals surface area contributed by atoms with Gasteiger partial charge in [-0.05, 0) is 48.0 Å². The summed E-state index contributed by atoms with van der Waals surface area (Å²) in [5.41, 5.74) is 5.03. The lowest BCUT2D eigenvalue weighted by molar-refractivity contribution is 0.0303. The number of rotatable bonds is 5. The predicted octanol–water partition coefficient (Wildman–Crippen LogP) is 3.95. The fourth-order valence-electron chi connectivity index (χ4n) is 3.19. The summed E-state index contributed by atoms with van der Waals surface area (Å²) in [5, 5.41) is 3.90. The Bertz CT molecular complexity index is 1100. The highest BCUT2D eigenvalue weighted by atomic mass is 19.1. The van der Waals surface area contributed by atoms with Crippen LogP contribution in [0.25, 0.3) is 11.1 Å². The molecule has 1 saturated heterocycles. The van der Waals surface area contributed by atoms with Gasteiger partial charge < -0.3 is 9.64 Å². The van der Waals surface area contributed by atoms with Crippen LogP contribution < -0.4 is 5.43 Å². The standard InChI is InChI=1S/C23H20F2N4O2/c24-20-5-6-21(25)19(13-20)15-27-28-22-7-4-18(14-26-22)16-2-1-3-17(12-16)23(30)29-8-10-31-11-9-29/h1-7,12-15H,8-11H2,(H,26,28)/b27-15+. The van der Waals surface area contributed by atoms with E-state index < -0.39 is 11.6 Å². The van der Waals surface area contributed by atoms with Crippen molar-refractivity contribution in [3.05, 3.63) is 83.6 Å². The lowest BCUT2D eigenvalue weighted by Gasteiger charge is -2.27. The van der Waals surface area contributed by atoms with Gasteiger partial charge in [0.1, 0.15) is 17.5 Å². The van der Waals surface area contributed by atoms with Gasteiger partial charge in [-0.1, -0.05) is 12.1 Å². The summed E-state index contributed by atoms with van der Waals surface area (Å²) in [6.45, 7) is 2.28. The van der Waals surface area contributed by atoms with Gasteiger partial charge >= 0.3 is 0 Å². The van der Waals surface area contributed by atoms with Gasteiger partial charge in [0.25, 0.3) is 5.91 Å². The first kappa shape index (κ1) is 20.6. The lowest BCUT2D eigenvalue weighted by Crippen LogP contribution is -2.40. The number of aromatic nitrogens is 1. The van der Waals surface area contributed by atoms with Gasteiger partial charge in [0.15, 0.2) is 0 Å². The molecule has 0 saturated carbocycles. The molecule has 3 aromatic rings. The predicted molar refractivity (Wildman–Crippen MR) is 114 cm³/mol. The molecule has 2 heterocycles. The minimum Gasteiger partial charge on any atom is -0.378 e. The van der Waals surface area contributed by atoms with Crippen molar-refractivity contribution in [2.45, 2.75) is 0 Å². The molecule has 0 spiro atoms. The minimum absolute atomic E-state index is 0.0182. The summed E-state index contributed by atoms with van der Waals surface area (Å²) in [7, 11) is 0. The Morgan fingerprint density at radius 2 is 1.90 bits per heavy atom. The number of carbonyl (C=O) groups excluding carboxylic acids is 1. The van der Waals surface area contributed by atoms with Crippen molar-refractivity contribution < 1.29 is 18.3 Å². The van der Waals surface area contributed by atoms with E-state index in [1.54, 1.807) is 23.2 Å². The fourth-order valence-corrected chi connectivity index (χ4v) is 3.19. The number of hydrazone groups is 1. The Hall–Kier alpha value is -3.65. The topological polar surface area (TPSA) is 66.8 Å². The smallest absolute Gasteiger partial charge is 0.254 e. The SMILES string of the molecule is O=C(c1cccc(-c2ccc(N/N=C/c3cc(F)ccc3F)nc2)c1)N1CCOCC1. The van der Waals surface area contributed by atoms with Gasteiger partial charge in [0.05, 0.1) is 19.4 Å². The molecule has 8 heteroatoms. The van der Waals surface area contributed by atoms with Crippen LogP contribution in [-0.2, 0) is 4.74 Å². The maximum Gasteiger partial charge on any atom is 0.254 e. The van der Waals surface area contributed by atoms with E-state index in [4.69, 9.17) is 4.74 Å². The number of benzene rings is 2. The van der Waals surface area contributed by atoms with E-state index in [2.05, 4.69) is 15.5 Å². The lowest BCUT2D eigenvalue weighted by atomic mass is 10.0. The molecular weight excluding hydrogens is 402 g/mol. The second-order valence-electron chi connectivity index (χ2n) is 6.95. The highest BCUT2D eigenvalue weighted by Gasteiger charge is 2.18. The third kappa shape index (κ3) is 5.10. The zero-order valence-electron chi connectivity index (χ0n) is 16.6. The van der Waals surface area contributed by atoms with E-state index >= 15 is 0 Å². The molecule has 1 aromatic heterocycles. The van der Waals surface area contributed by atoms with Gasteiger partial charge in [-0.3, -0.25) is 10.2 Å². The molecule has 6 nitrogen and oxygen atoms in total. The van der Waals surface area contributed by atoms with Crippen molar-refractivity contribution in [2.75, 3.05) is 31.7 Å². The van der Waals surface area contributed by atoms with Crippen LogP contribution in [0.15, 0.2) is 65.9 Å². The summed E-state index contributed by atoms with van der Waals surface area (Å²) in [4.78, 5) is 18.8. The second kappa shape index (κ2) is 9.44. The molecule has 4 rings (SSSR count). The maximum atomic E-state index is 13.6. The third-order valence-electron chi connectivity index (χ3n) is 4.85. The Morgan fingerprint density at radius 3 is 2.68 bits per heavy atom. The summed E-state index contributed by atoms with van der Waals surface area (Å²) in [6, 6.07) is 14.1. The molecule has 1 N–H and O–H groups in total. The Morgan fingerprint density at radius 1 is 1.06 bits per heavy atom. The molecule has 0 bridgehead atoms. The van der Waals surface area contributed by atoms with E-state index in [9.17, 15) is 13.6 Å². The van der Waals surface area contributed by atoms with Crippen LogP contribution in [-0.4, -0.2) is 48.3 Å². The van der Waals surface area contributed by atoms with Gasteiger partial charge in [0.2, 0.25) is 0 Å². The monoisotopic (exact) mass is 422 g/mol. The van der Waals surface area contributed by atoms with E-state index in [0.717, 1.165) is 29.3 Å². The van der Waals surface area contributed by atoms with Crippen LogP contribution in [0.2, 0.25) is 0 Å². The molecule has 1 amide bonds. The number of halogens is 2. The first-order valence-electron chi connectivity index (χ1n) is 9.78. The van der Waals surface area contributed by atoms with Crippen molar-refractivity contribution in [3.63, 3.8) is 0 Å². The van der Waals surface area contributed by atoms with Crippen LogP contribution in [0.4, 0.5) is 14.6 Å². The summed E-state index contributed by atoms with van der Waals surface area (Å²) in [6.07, 6.45) is 2.84. The number of anilines is 1. The van der Waals surface area contributed by atoms with E-state index in [1.807, 2.05) is 24.3 Å². The second-order valence-corrected chi connectivity index (χ2v) is 6.95. The molecule has 1 aliphatic rings. The van der Waals surface area contributed by atoms with Crippen LogP contribution in [0.1, 0.15) is 15.9 Å². The number of carbonyl (C=O) groups is 1. The number of hydrogen-bond donors (Lipinski definition) is 1. The quantitative estimate of drug-likeness (QED) is 0.500. The molecule has 1 aliphatic heterocycles. The summed E-state index contributed by atoms with van der Waals surface area (Å²) in [5.74, 6) is -0.686. The highest BCUT2D eigenvalue weighted by molar-refractivity contribution is 5.95. The molecule has 0 aliphatic carbocycles. The normalized spacial score (nSPS) is 14.1. The number of nitrogens with zero attached hydrogens (tertiary/aromatic N) is 3. The van der Waals surface area contributed by atoms with E-state index in [0.29, 0.717) is 37.7 Å². The van der Waals surface area contributed by atoms with Crippen LogP contribution in [0.3, 0.4) is 0 Å². The molecule has 0 radical (unpaired) electrons. The van der Waals surface area contributed by atoms with Crippen molar-refractivity contribution in [3.8, 4) is 11.1 Å². The van der Waals surface area contributed by atoms with Gasteiger partial charge in [-0.25, -0.2) is 13.8 Å². The van der Waals surface area contributed by atoms with Crippen LogP contribution in [0, 0.1) is 11.6 Å². The third-order valence-corrected chi connectivity index (χ3v) is 4.85. The first-order chi connectivity index (χ1) is 15.1. The maximum absolute atomic E-state index is 13.6. The minimum atomic E-state index is -0.568. The Labute approximate surface area is 178 Å². The average Bonchev–Trinajstić information content (AvgIpc) is 2.82. The zero-order valence-corrected chi connectivity index (χ0v) is 16.6. The Balaban J connectivity index is 1.44. The molecule has 158 valence electrons. The number of ether oxygens (including phenoxy) is 1. The molecule has 0 atom stereocenters. The van der Waals surface area contributed by atoms with E-state index in [1.165, 1.54) is 6.21 Å².